The number of hydrogen-bond donors (Lipinski definition) is 3. The maximum Gasteiger partial charge on any atom is 0.257 e. The van der Waals surface area contributed by atoms with Crippen molar-refractivity contribution < 1.29 is 15.0 Å². The summed E-state index contributed by atoms with van der Waals surface area (Å²) in [7, 11) is 1.59. The van der Waals surface area contributed by atoms with Gasteiger partial charge in [0.25, 0.3) is 5.91 Å². The highest BCUT2D eigenvalue weighted by atomic mass is 16.3. The van der Waals surface area contributed by atoms with E-state index in [1.807, 2.05) is 0 Å². The van der Waals surface area contributed by atoms with Gasteiger partial charge in [0, 0.05) is 31.1 Å². The average molecular weight is 325 g/mol. The van der Waals surface area contributed by atoms with E-state index in [0.29, 0.717) is 11.6 Å². The number of carbonyl (C=O) groups is 1. The van der Waals surface area contributed by atoms with Gasteiger partial charge in [-0.2, -0.15) is 5.10 Å². The Bertz CT molecular complexity index is 863. The van der Waals surface area contributed by atoms with Crippen LogP contribution in [-0.4, -0.2) is 48.2 Å². The van der Waals surface area contributed by atoms with E-state index in [1.165, 1.54) is 17.0 Å². The minimum absolute atomic E-state index is 0.101. The largest absolute Gasteiger partial charge is 0.508 e. The number of nitrogens with one attached hydrogen (secondary N) is 1. The van der Waals surface area contributed by atoms with Gasteiger partial charge in [-0.1, -0.05) is 0 Å². The zero-order chi connectivity index (χ0) is 17.1. The van der Waals surface area contributed by atoms with Gasteiger partial charge in [-0.15, -0.1) is 0 Å². The van der Waals surface area contributed by atoms with Gasteiger partial charge in [0.1, 0.15) is 17.3 Å². The summed E-state index contributed by atoms with van der Waals surface area (Å²) in [5.41, 5.74) is 0.918. The molecule has 0 fully saturated rings. The van der Waals surface area contributed by atoms with Crippen molar-refractivity contribution in [1.29, 1.82) is 0 Å². The molecule has 3 rings (SSSR count). The van der Waals surface area contributed by atoms with Gasteiger partial charge >= 0.3 is 0 Å². The second kappa shape index (κ2) is 6.37. The SMILES string of the molecule is CN(Cc1nc(-c2ccncc2)n[nH]1)C(=O)c1ccc(O)cc1O. The molecule has 8 nitrogen and oxygen atoms in total. The molecule has 0 aliphatic heterocycles. The number of benzene rings is 1. The lowest BCUT2D eigenvalue weighted by atomic mass is 10.1. The highest BCUT2D eigenvalue weighted by molar-refractivity contribution is 5.96. The summed E-state index contributed by atoms with van der Waals surface area (Å²) in [5.74, 6) is 0.247. The average Bonchev–Trinajstić information content (AvgIpc) is 3.03. The molecule has 1 amide bonds. The Kier molecular flexibility index (Phi) is 4.11. The first-order chi connectivity index (χ1) is 11.5. The quantitative estimate of drug-likeness (QED) is 0.670. The van der Waals surface area contributed by atoms with Crippen LogP contribution in [0.25, 0.3) is 11.4 Å². The number of nitrogens with zero attached hydrogens (tertiary/aromatic N) is 4. The summed E-state index contributed by atoms with van der Waals surface area (Å²) in [4.78, 5) is 22.0. The zero-order valence-electron chi connectivity index (χ0n) is 12.8. The topological polar surface area (TPSA) is 115 Å². The summed E-state index contributed by atoms with van der Waals surface area (Å²) >= 11 is 0. The molecule has 3 aromatic rings. The number of phenolic OH excluding ortho intramolecular Hbond substituents is 2. The van der Waals surface area contributed by atoms with E-state index in [1.54, 1.807) is 31.6 Å². The summed E-state index contributed by atoms with van der Waals surface area (Å²) < 4.78 is 0. The molecule has 2 heterocycles. The molecule has 0 saturated carbocycles. The number of rotatable bonds is 4. The maximum absolute atomic E-state index is 12.4. The van der Waals surface area contributed by atoms with E-state index in [-0.39, 0.29) is 23.6 Å². The molecule has 0 atom stereocenters. The lowest BCUT2D eigenvalue weighted by Crippen LogP contribution is -2.26. The lowest BCUT2D eigenvalue weighted by molar-refractivity contribution is 0.0778. The van der Waals surface area contributed by atoms with Crippen molar-refractivity contribution >= 4 is 5.91 Å². The van der Waals surface area contributed by atoms with Gasteiger partial charge in [-0.05, 0) is 24.3 Å². The monoisotopic (exact) mass is 325 g/mol. The molecular formula is C16H15N5O3. The minimum atomic E-state index is -0.394. The first kappa shape index (κ1) is 15.5. The lowest BCUT2D eigenvalue weighted by Gasteiger charge is -2.16. The number of pyridine rings is 1. The van der Waals surface area contributed by atoms with Crippen molar-refractivity contribution in [1.82, 2.24) is 25.1 Å². The molecular weight excluding hydrogens is 310 g/mol. The molecule has 0 unspecified atom stereocenters. The van der Waals surface area contributed by atoms with Crippen molar-refractivity contribution in [2.45, 2.75) is 6.54 Å². The Balaban J connectivity index is 1.74. The molecule has 0 aliphatic carbocycles. The van der Waals surface area contributed by atoms with E-state index in [0.717, 1.165) is 11.6 Å². The van der Waals surface area contributed by atoms with Crippen LogP contribution in [0.4, 0.5) is 0 Å². The smallest absolute Gasteiger partial charge is 0.257 e. The Hall–Kier alpha value is -3.42. The van der Waals surface area contributed by atoms with Crippen LogP contribution in [0.5, 0.6) is 11.5 Å². The van der Waals surface area contributed by atoms with Crippen molar-refractivity contribution in [2.24, 2.45) is 0 Å². The second-order valence-electron chi connectivity index (χ2n) is 5.20. The fourth-order valence-electron chi connectivity index (χ4n) is 2.20. The fraction of sp³-hybridized carbons (Fsp3) is 0.125. The third-order valence-corrected chi connectivity index (χ3v) is 3.42. The molecule has 3 N–H and O–H groups in total. The molecule has 0 saturated heterocycles. The molecule has 0 spiro atoms. The minimum Gasteiger partial charge on any atom is -0.508 e. The Morgan fingerprint density at radius 3 is 2.67 bits per heavy atom. The van der Waals surface area contributed by atoms with Crippen molar-refractivity contribution in [3.8, 4) is 22.9 Å². The first-order valence-corrected chi connectivity index (χ1v) is 7.13. The van der Waals surface area contributed by atoms with Gasteiger partial charge in [-0.25, -0.2) is 4.98 Å². The van der Waals surface area contributed by atoms with Crippen LogP contribution >= 0.6 is 0 Å². The standard InChI is InChI=1S/C16H15N5O3/c1-21(16(24)12-3-2-11(22)8-13(12)23)9-14-18-15(20-19-14)10-4-6-17-7-5-10/h2-8,22-23H,9H2,1H3,(H,18,19,20). The predicted molar refractivity (Wildman–Crippen MR) is 85.2 cm³/mol. The van der Waals surface area contributed by atoms with E-state index >= 15 is 0 Å². The van der Waals surface area contributed by atoms with Crippen LogP contribution in [-0.2, 0) is 6.54 Å². The molecule has 0 aliphatic rings. The van der Waals surface area contributed by atoms with Crippen molar-refractivity contribution in [2.75, 3.05) is 7.05 Å². The first-order valence-electron chi connectivity index (χ1n) is 7.13. The number of H-pyrrole nitrogens is 1. The summed E-state index contributed by atoms with van der Waals surface area (Å²) in [6.45, 7) is 0.192. The summed E-state index contributed by atoms with van der Waals surface area (Å²) in [6, 6.07) is 7.41. The number of aromatic hydroxyl groups is 2. The van der Waals surface area contributed by atoms with Gasteiger partial charge in [0.05, 0.1) is 12.1 Å². The molecule has 24 heavy (non-hydrogen) atoms. The third kappa shape index (κ3) is 3.17. The molecule has 1 aromatic carbocycles. The molecule has 0 bridgehead atoms. The Morgan fingerprint density at radius 2 is 1.96 bits per heavy atom. The van der Waals surface area contributed by atoms with Crippen LogP contribution in [0.15, 0.2) is 42.7 Å². The highest BCUT2D eigenvalue weighted by Crippen LogP contribution is 2.24. The van der Waals surface area contributed by atoms with Crippen molar-refractivity contribution in [3.05, 3.63) is 54.1 Å². The summed E-state index contributed by atoms with van der Waals surface area (Å²) in [6.07, 6.45) is 3.29. The highest BCUT2D eigenvalue weighted by Gasteiger charge is 2.18. The Labute approximate surface area is 137 Å². The third-order valence-electron chi connectivity index (χ3n) is 3.42. The van der Waals surface area contributed by atoms with Crippen LogP contribution < -0.4 is 0 Å². The molecule has 122 valence electrons. The molecule has 2 aromatic heterocycles. The van der Waals surface area contributed by atoms with E-state index in [2.05, 4.69) is 20.2 Å². The Morgan fingerprint density at radius 1 is 1.21 bits per heavy atom. The van der Waals surface area contributed by atoms with E-state index in [9.17, 15) is 15.0 Å². The van der Waals surface area contributed by atoms with Gasteiger partial charge in [0.15, 0.2) is 5.82 Å². The van der Waals surface area contributed by atoms with E-state index < -0.39 is 5.91 Å². The molecule has 0 radical (unpaired) electrons. The number of aromatic amines is 1. The van der Waals surface area contributed by atoms with Crippen LogP contribution in [0.1, 0.15) is 16.2 Å². The second-order valence-corrected chi connectivity index (χ2v) is 5.20. The van der Waals surface area contributed by atoms with E-state index in [4.69, 9.17) is 0 Å². The van der Waals surface area contributed by atoms with Gasteiger partial charge in [-0.3, -0.25) is 14.9 Å². The van der Waals surface area contributed by atoms with Gasteiger partial charge in [0.2, 0.25) is 0 Å². The van der Waals surface area contributed by atoms with Crippen LogP contribution in [0, 0.1) is 0 Å². The van der Waals surface area contributed by atoms with Crippen LogP contribution in [0.3, 0.4) is 0 Å². The fourth-order valence-corrected chi connectivity index (χ4v) is 2.20. The normalized spacial score (nSPS) is 10.5. The van der Waals surface area contributed by atoms with Gasteiger partial charge < -0.3 is 15.1 Å². The zero-order valence-corrected chi connectivity index (χ0v) is 12.8. The van der Waals surface area contributed by atoms with Crippen LogP contribution in [0.2, 0.25) is 0 Å². The number of hydrogen-bond acceptors (Lipinski definition) is 6. The number of aromatic nitrogens is 4. The molecule has 8 heteroatoms. The maximum atomic E-state index is 12.4. The van der Waals surface area contributed by atoms with Crippen molar-refractivity contribution in [3.63, 3.8) is 0 Å². The predicted octanol–water partition coefficient (Wildman–Crippen LogP) is 1.55. The number of phenols is 2. The number of amides is 1. The number of carbonyl (C=O) groups excluding carboxylic acids is 1. The summed E-state index contributed by atoms with van der Waals surface area (Å²) in [5, 5.41) is 26.0.